The number of hydrogen-bond acceptors (Lipinski definition) is 3. The van der Waals surface area contributed by atoms with E-state index in [1.807, 2.05) is 0 Å². The molecule has 2 fully saturated rings. The summed E-state index contributed by atoms with van der Waals surface area (Å²) in [6, 6.07) is 9.26. The number of carbonyl (C=O) groups excluding carboxylic acids is 1. The Morgan fingerprint density at radius 1 is 1.21 bits per heavy atom. The first-order valence-electron chi connectivity index (χ1n) is 8.80. The monoisotopic (exact) mass is 368 g/mol. The number of rotatable bonds is 5. The molecule has 0 spiro atoms. The minimum absolute atomic E-state index is 0. The minimum atomic E-state index is 0. The van der Waals surface area contributed by atoms with Crippen LogP contribution in [0, 0.1) is 18.8 Å². The van der Waals surface area contributed by atoms with Crippen molar-refractivity contribution in [2.45, 2.75) is 56.9 Å². The Balaban J connectivity index is 0.00000208. The second kappa shape index (κ2) is 9.12. The number of nitrogens with one attached hydrogen (secondary N) is 1. The van der Waals surface area contributed by atoms with Gasteiger partial charge in [0, 0.05) is 17.8 Å². The number of nitrogens with two attached hydrogens (primary N) is 1. The Hall–Kier alpha value is -0.710. The van der Waals surface area contributed by atoms with Gasteiger partial charge in [-0.15, -0.1) is 24.2 Å². The molecule has 2 aliphatic rings. The van der Waals surface area contributed by atoms with Gasteiger partial charge in [0.15, 0.2) is 0 Å². The highest BCUT2D eigenvalue weighted by atomic mass is 35.5. The summed E-state index contributed by atoms with van der Waals surface area (Å²) in [6.45, 7) is 2.09. The van der Waals surface area contributed by atoms with Gasteiger partial charge in [-0.2, -0.15) is 0 Å². The maximum absolute atomic E-state index is 12.3. The number of carbonyl (C=O) groups is 1. The number of halogens is 1. The molecule has 2 saturated carbocycles. The molecule has 3 rings (SSSR count). The van der Waals surface area contributed by atoms with Gasteiger partial charge < -0.3 is 11.1 Å². The Morgan fingerprint density at radius 2 is 1.83 bits per heavy atom. The first-order valence-corrected chi connectivity index (χ1v) is 9.95. The summed E-state index contributed by atoms with van der Waals surface area (Å²) in [4.78, 5) is 12.3. The van der Waals surface area contributed by atoms with Crippen LogP contribution in [-0.4, -0.2) is 23.7 Å². The fourth-order valence-electron chi connectivity index (χ4n) is 4.20. The summed E-state index contributed by atoms with van der Waals surface area (Å²) >= 11 is 1.70. The summed E-state index contributed by atoms with van der Waals surface area (Å²) in [5, 5.41) is 3.32. The molecule has 1 aromatic rings. The van der Waals surface area contributed by atoms with Crippen molar-refractivity contribution in [1.29, 1.82) is 0 Å². The van der Waals surface area contributed by atoms with Gasteiger partial charge in [0.2, 0.25) is 5.91 Å². The van der Waals surface area contributed by atoms with Gasteiger partial charge in [-0.3, -0.25) is 4.79 Å². The number of aryl methyl sites for hydroxylation is 1. The van der Waals surface area contributed by atoms with Crippen LogP contribution >= 0.6 is 24.2 Å². The molecule has 0 heterocycles. The van der Waals surface area contributed by atoms with Gasteiger partial charge in [-0.25, -0.2) is 0 Å². The molecule has 0 radical (unpaired) electrons. The van der Waals surface area contributed by atoms with Crippen LogP contribution in [0.3, 0.4) is 0 Å². The molecule has 0 saturated heterocycles. The topological polar surface area (TPSA) is 55.1 Å². The van der Waals surface area contributed by atoms with E-state index in [-0.39, 0.29) is 18.3 Å². The molecule has 134 valence electrons. The van der Waals surface area contributed by atoms with Crippen LogP contribution in [0.2, 0.25) is 0 Å². The number of fused-ring (bicyclic) bond motifs is 2. The van der Waals surface area contributed by atoms with Crippen molar-refractivity contribution < 1.29 is 4.79 Å². The first-order chi connectivity index (χ1) is 11.1. The van der Waals surface area contributed by atoms with E-state index in [1.165, 1.54) is 30.4 Å². The van der Waals surface area contributed by atoms with Gasteiger partial charge in [0.05, 0.1) is 5.75 Å². The fourth-order valence-corrected chi connectivity index (χ4v) is 5.00. The lowest BCUT2D eigenvalue weighted by Crippen LogP contribution is -2.54. The van der Waals surface area contributed by atoms with E-state index >= 15 is 0 Å². The van der Waals surface area contributed by atoms with Crippen molar-refractivity contribution in [3.8, 4) is 0 Å². The van der Waals surface area contributed by atoms with Crippen LogP contribution < -0.4 is 11.1 Å². The molecule has 2 bridgehead atoms. The van der Waals surface area contributed by atoms with Gasteiger partial charge in [-0.05, 0) is 50.0 Å². The summed E-state index contributed by atoms with van der Waals surface area (Å²) in [7, 11) is 0. The van der Waals surface area contributed by atoms with Crippen LogP contribution in [0.15, 0.2) is 24.3 Å². The third-order valence-electron chi connectivity index (χ3n) is 5.33. The summed E-state index contributed by atoms with van der Waals surface area (Å²) in [6.07, 6.45) is 5.92. The molecular formula is C19H29ClN2OS. The van der Waals surface area contributed by atoms with E-state index in [9.17, 15) is 4.79 Å². The lowest BCUT2D eigenvalue weighted by Gasteiger charge is -2.45. The molecule has 2 atom stereocenters. The molecule has 1 amide bonds. The molecule has 3 nitrogen and oxygen atoms in total. The molecule has 0 aliphatic heterocycles. The maximum atomic E-state index is 12.3. The maximum Gasteiger partial charge on any atom is 0.230 e. The quantitative estimate of drug-likeness (QED) is 0.833. The zero-order chi connectivity index (χ0) is 16.2. The van der Waals surface area contributed by atoms with Gasteiger partial charge in [-0.1, -0.05) is 36.2 Å². The van der Waals surface area contributed by atoms with E-state index in [0.717, 1.165) is 18.6 Å². The van der Waals surface area contributed by atoms with Crippen LogP contribution in [0.4, 0.5) is 0 Å². The van der Waals surface area contributed by atoms with E-state index in [0.29, 0.717) is 29.7 Å². The van der Waals surface area contributed by atoms with Gasteiger partial charge in [0.1, 0.15) is 0 Å². The lowest BCUT2D eigenvalue weighted by molar-refractivity contribution is -0.120. The van der Waals surface area contributed by atoms with E-state index < -0.39 is 0 Å². The molecule has 1 aromatic carbocycles. The first kappa shape index (κ1) is 19.6. The fraction of sp³-hybridized carbons (Fsp3) is 0.632. The summed E-state index contributed by atoms with van der Waals surface area (Å²) in [5.74, 6) is 2.85. The number of benzene rings is 1. The Bertz CT molecular complexity index is 523. The van der Waals surface area contributed by atoms with Gasteiger partial charge in [0.25, 0.3) is 0 Å². The van der Waals surface area contributed by atoms with Crippen LogP contribution in [-0.2, 0) is 10.5 Å². The van der Waals surface area contributed by atoms with Crippen molar-refractivity contribution in [1.82, 2.24) is 5.32 Å². The molecule has 5 heteroatoms. The number of thioether (sulfide) groups is 1. The third kappa shape index (κ3) is 5.14. The Kier molecular flexibility index (Phi) is 7.45. The predicted molar refractivity (Wildman–Crippen MR) is 105 cm³/mol. The molecule has 2 unspecified atom stereocenters. The summed E-state index contributed by atoms with van der Waals surface area (Å²) in [5.41, 5.74) is 8.72. The Labute approximate surface area is 155 Å². The average molecular weight is 369 g/mol. The average Bonchev–Trinajstić information content (AvgIpc) is 2.50. The molecular weight excluding hydrogens is 340 g/mol. The third-order valence-corrected chi connectivity index (χ3v) is 6.33. The summed E-state index contributed by atoms with van der Waals surface area (Å²) < 4.78 is 0. The van der Waals surface area contributed by atoms with E-state index in [4.69, 9.17) is 5.73 Å². The SMILES string of the molecule is Cc1ccc(CSCC(=O)NC2C3CCCC2CC(N)C3)cc1.Cl. The van der Waals surface area contributed by atoms with Gasteiger partial charge >= 0.3 is 0 Å². The second-order valence-electron chi connectivity index (χ2n) is 7.25. The standard InChI is InChI=1S/C19H28N2OS.ClH/c1-13-5-7-14(8-6-13)11-23-12-18(22)21-19-15-3-2-4-16(19)10-17(20)9-15;/h5-8,15-17,19H,2-4,9-12,20H2,1H3,(H,21,22);1H. The molecule has 0 aromatic heterocycles. The van der Waals surface area contributed by atoms with Crippen molar-refractivity contribution in [2.24, 2.45) is 17.6 Å². The highest BCUT2D eigenvalue weighted by Gasteiger charge is 2.39. The predicted octanol–water partition coefficient (Wildman–Crippen LogP) is 3.67. The molecule has 3 N–H and O–H groups in total. The van der Waals surface area contributed by atoms with Crippen LogP contribution in [0.5, 0.6) is 0 Å². The zero-order valence-corrected chi connectivity index (χ0v) is 16.0. The van der Waals surface area contributed by atoms with Crippen molar-refractivity contribution in [3.63, 3.8) is 0 Å². The lowest BCUT2D eigenvalue weighted by atomic mass is 9.67. The smallest absolute Gasteiger partial charge is 0.230 e. The van der Waals surface area contributed by atoms with Crippen molar-refractivity contribution in [3.05, 3.63) is 35.4 Å². The minimum Gasteiger partial charge on any atom is -0.352 e. The largest absolute Gasteiger partial charge is 0.352 e. The van der Waals surface area contributed by atoms with E-state index in [2.05, 4.69) is 36.5 Å². The highest BCUT2D eigenvalue weighted by molar-refractivity contribution is 7.99. The Morgan fingerprint density at radius 3 is 2.46 bits per heavy atom. The second-order valence-corrected chi connectivity index (χ2v) is 8.24. The molecule has 2 aliphatic carbocycles. The van der Waals surface area contributed by atoms with Crippen molar-refractivity contribution >= 4 is 30.1 Å². The number of hydrogen-bond donors (Lipinski definition) is 2. The normalized spacial score (nSPS) is 28.8. The zero-order valence-electron chi connectivity index (χ0n) is 14.4. The molecule has 24 heavy (non-hydrogen) atoms. The van der Waals surface area contributed by atoms with Crippen LogP contribution in [0.25, 0.3) is 0 Å². The number of amides is 1. The van der Waals surface area contributed by atoms with E-state index in [1.54, 1.807) is 11.8 Å². The highest BCUT2D eigenvalue weighted by Crippen LogP contribution is 2.39. The van der Waals surface area contributed by atoms with Crippen LogP contribution in [0.1, 0.15) is 43.2 Å². The van der Waals surface area contributed by atoms with Crippen molar-refractivity contribution in [2.75, 3.05) is 5.75 Å².